The average Bonchev–Trinajstić information content (AvgIpc) is 2.83. The van der Waals surface area contributed by atoms with Crippen molar-refractivity contribution in [1.29, 1.82) is 0 Å². The molecule has 1 saturated heterocycles. The summed E-state index contributed by atoms with van der Waals surface area (Å²) in [5, 5.41) is 1.76. The van der Waals surface area contributed by atoms with Crippen LogP contribution in [0.15, 0.2) is 21.7 Å². The quantitative estimate of drug-likeness (QED) is 0.843. The van der Waals surface area contributed by atoms with Gasteiger partial charge in [0.1, 0.15) is 9.99 Å². The first-order valence-electron chi connectivity index (χ1n) is 5.56. The number of ketones is 1. The van der Waals surface area contributed by atoms with Crippen LogP contribution in [0.1, 0.15) is 19.8 Å². The van der Waals surface area contributed by atoms with Crippen molar-refractivity contribution in [3.8, 4) is 0 Å². The molecule has 0 atom stereocenters. The summed E-state index contributed by atoms with van der Waals surface area (Å²) in [4.78, 5) is 11.2. The molecule has 0 bridgehead atoms. The van der Waals surface area contributed by atoms with Crippen molar-refractivity contribution in [3.05, 3.63) is 17.5 Å². The Balaban J connectivity index is 2.09. The zero-order valence-corrected chi connectivity index (χ0v) is 11.3. The number of carbonyl (C=O) groups excluding carboxylic acids is 1. The highest BCUT2D eigenvalue weighted by molar-refractivity contribution is 7.91. The molecule has 0 N–H and O–H groups in total. The maximum atomic E-state index is 12.2. The van der Waals surface area contributed by atoms with E-state index in [1.54, 1.807) is 24.4 Å². The van der Waals surface area contributed by atoms with Gasteiger partial charge in [-0.2, -0.15) is 4.31 Å². The molecule has 0 saturated carbocycles. The number of Topliss-reactive ketones (excluding diaryl/α,β-unsaturated/α-hetero) is 1. The van der Waals surface area contributed by atoms with E-state index in [-0.39, 0.29) is 11.7 Å². The Kier molecular flexibility index (Phi) is 3.65. The molecular weight excluding hydrogens is 258 g/mol. The normalized spacial score (nSPS) is 19.4. The highest BCUT2D eigenvalue weighted by atomic mass is 32.2. The smallest absolute Gasteiger partial charge is 0.252 e. The number of thiophene rings is 1. The Labute approximate surface area is 105 Å². The summed E-state index contributed by atoms with van der Waals surface area (Å²) in [6, 6.07) is 3.36. The molecule has 4 nitrogen and oxygen atoms in total. The maximum absolute atomic E-state index is 12.2. The van der Waals surface area contributed by atoms with Crippen molar-refractivity contribution in [2.75, 3.05) is 13.1 Å². The summed E-state index contributed by atoms with van der Waals surface area (Å²) >= 11 is 1.23. The minimum atomic E-state index is -3.33. The van der Waals surface area contributed by atoms with Gasteiger partial charge in [0, 0.05) is 19.0 Å². The zero-order chi connectivity index (χ0) is 12.5. The van der Waals surface area contributed by atoms with Crippen molar-refractivity contribution in [1.82, 2.24) is 4.31 Å². The fraction of sp³-hybridized carbons (Fsp3) is 0.545. The van der Waals surface area contributed by atoms with Gasteiger partial charge in [-0.05, 0) is 31.2 Å². The third kappa shape index (κ3) is 2.59. The van der Waals surface area contributed by atoms with Crippen LogP contribution in [0, 0.1) is 5.92 Å². The predicted molar refractivity (Wildman–Crippen MR) is 66.5 cm³/mol. The summed E-state index contributed by atoms with van der Waals surface area (Å²) in [6.07, 6.45) is 1.28. The molecule has 94 valence electrons. The number of rotatable bonds is 3. The van der Waals surface area contributed by atoms with Gasteiger partial charge in [-0.25, -0.2) is 8.42 Å². The van der Waals surface area contributed by atoms with E-state index in [4.69, 9.17) is 0 Å². The van der Waals surface area contributed by atoms with Crippen LogP contribution in [-0.4, -0.2) is 31.6 Å². The van der Waals surface area contributed by atoms with E-state index in [2.05, 4.69) is 0 Å². The summed E-state index contributed by atoms with van der Waals surface area (Å²) in [6.45, 7) is 2.48. The molecule has 0 unspecified atom stereocenters. The summed E-state index contributed by atoms with van der Waals surface area (Å²) in [7, 11) is -3.33. The Bertz CT molecular complexity index is 485. The second-order valence-corrected chi connectivity index (χ2v) is 7.33. The van der Waals surface area contributed by atoms with Crippen LogP contribution in [0.25, 0.3) is 0 Å². The van der Waals surface area contributed by atoms with Gasteiger partial charge in [0.05, 0.1) is 0 Å². The molecule has 1 aromatic rings. The first kappa shape index (κ1) is 12.7. The summed E-state index contributed by atoms with van der Waals surface area (Å²) < 4.78 is 26.2. The van der Waals surface area contributed by atoms with Gasteiger partial charge >= 0.3 is 0 Å². The highest BCUT2D eigenvalue weighted by Gasteiger charge is 2.31. The van der Waals surface area contributed by atoms with E-state index in [1.807, 2.05) is 0 Å². The molecule has 2 heterocycles. The largest absolute Gasteiger partial charge is 0.300 e. The highest BCUT2D eigenvalue weighted by Crippen LogP contribution is 2.26. The molecule has 0 amide bonds. The lowest BCUT2D eigenvalue weighted by Gasteiger charge is -2.29. The SMILES string of the molecule is CC(=O)C1CCN(S(=O)(=O)c2cccs2)CC1. The molecule has 1 aromatic heterocycles. The van der Waals surface area contributed by atoms with E-state index < -0.39 is 10.0 Å². The van der Waals surface area contributed by atoms with Crippen molar-refractivity contribution in [3.63, 3.8) is 0 Å². The van der Waals surface area contributed by atoms with Crippen LogP contribution >= 0.6 is 11.3 Å². The Morgan fingerprint density at radius 3 is 2.53 bits per heavy atom. The van der Waals surface area contributed by atoms with Gasteiger partial charge in [0.25, 0.3) is 10.0 Å². The molecule has 0 aromatic carbocycles. The lowest BCUT2D eigenvalue weighted by Crippen LogP contribution is -2.39. The minimum absolute atomic E-state index is 0.0322. The number of sulfonamides is 1. The molecular formula is C11H15NO3S2. The van der Waals surface area contributed by atoms with E-state index >= 15 is 0 Å². The molecule has 6 heteroatoms. The number of hydrogen-bond acceptors (Lipinski definition) is 4. The van der Waals surface area contributed by atoms with Crippen LogP contribution in [0.2, 0.25) is 0 Å². The van der Waals surface area contributed by atoms with Crippen LogP contribution in [0.5, 0.6) is 0 Å². The fourth-order valence-electron chi connectivity index (χ4n) is 2.04. The van der Waals surface area contributed by atoms with Crippen molar-refractivity contribution in [2.24, 2.45) is 5.92 Å². The Hall–Kier alpha value is -0.720. The van der Waals surface area contributed by atoms with E-state index in [1.165, 1.54) is 15.6 Å². The zero-order valence-electron chi connectivity index (χ0n) is 9.63. The second kappa shape index (κ2) is 4.88. The summed E-state index contributed by atoms with van der Waals surface area (Å²) in [5.74, 6) is 0.197. The van der Waals surface area contributed by atoms with Crippen molar-refractivity contribution < 1.29 is 13.2 Å². The van der Waals surface area contributed by atoms with Gasteiger partial charge in [-0.3, -0.25) is 4.79 Å². The molecule has 0 spiro atoms. The first-order valence-corrected chi connectivity index (χ1v) is 7.88. The standard InChI is InChI=1S/C11H15NO3S2/c1-9(13)10-4-6-12(7-5-10)17(14,15)11-3-2-8-16-11/h2-3,8,10H,4-7H2,1H3. The van der Waals surface area contributed by atoms with Crippen LogP contribution in [-0.2, 0) is 14.8 Å². The molecule has 1 aliphatic heterocycles. The third-order valence-corrected chi connectivity index (χ3v) is 6.39. The van der Waals surface area contributed by atoms with E-state index in [0.717, 1.165) is 0 Å². The van der Waals surface area contributed by atoms with Crippen LogP contribution < -0.4 is 0 Å². The molecule has 2 rings (SSSR count). The van der Waals surface area contributed by atoms with E-state index in [9.17, 15) is 13.2 Å². The molecule has 1 fully saturated rings. The van der Waals surface area contributed by atoms with Gasteiger partial charge in [0.2, 0.25) is 0 Å². The second-order valence-electron chi connectivity index (χ2n) is 4.22. The number of carbonyl (C=O) groups is 1. The molecule has 0 radical (unpaired) electrons. The van der Waals surface area contributed by atoms with Gasteiger partial charge in [0.15, 0.2) is 0 Å². The molecule has 0 aliphatic carbocycles. The first-order chi connectivity index (χ1) is 8.01. The topological polar surface area (TPSA) is 54.5 Å². The van der Waals surface area contributed by atoms with Crippen LogP contribution in [0.3, 0.4) is 0 Å². The number of nitrogens with zero attached hydrogens (tertiary/aromatic N) is 1. The predicted octanol–water partition coefficient (Wildman–Crippen LogP) is 1.74. The Morgan fingerprint density at radius 2 is 2.06 bits per heavy atom. The molecule has 1 aliphatic rings. The van der Waals surface area contributed by atoms with Gasteiger partial charge in [-0.1, -0.05) is 6.07 Å². The molecule has 17 heavy (non-hydrogen) atoms. The lowest BCUT2D eigenvalue weighted by molar-refractivity contribution is -0.121. The lowest BCUT2D eigenvalue weighted by atomic mass is 9.95. The Morgan fingerprint density at radius 1 is 1.41 bits per heavy atom. The number of piperidine rings is 1. The van der Waals surface area contributed by atoms with E-state index in [0.29, 0.717) is 30.1 Å². The minimum Gasteiger partial charge on any atom is -0.300 e. The third-order valence-electron chi connectivity index (χ3n) is 3.12. The van der Waals surface area contributed by atoms with Gasteiger partial charge in [-0.15, -0.1) is 11.3 Å². The monoisotopic (exact) mass is 273 g/mol. The van der Waals surface area contributed by atoms with Crippen LogP contribution in [0.4, 0.5) is 0 Å². The van der Waals surface area contributed by atoms with Gasteiger partial charge < -0.3 is 0 Å². The average molecular weight is 273 g/mol. The van der Waals surface area contributed by atoms with Crippen molar-refractivity contribution >= 4 is 27.1 Å². The van der Waals surface area contributed by atoms with Crippen molar-refractivity contribution in [2.45, 2.75) is 24.0 Å². The number of hydrogen-bond donors (Lipinski definition) is 0. The maximum Gasteiger partial charge on any atom is 0.252 e. The fourth-order valence-corrected chi connectivity index (χ4v) is 4.65. The summed E-state index contributed by atoms with van der Waals surface area (Å²) in [5.41, 5.74) is 0.